The summed E-state index contributed by atoms with van der Waals surface area (Å²) in [7, 11) is 0. The first-order valence-electron chi connectivity index (χ1n) is 6.65. The topological polar surface area (TPSA) is 50.1 Å². The Morgan fingerprint density at radius 2 is 2.18 bits per heavy atom. The zero-order valence-electron chi connectivity index (χ0n) is 10.7. The molecule has 1 aliphatic carbocycles. The minimum Gasteiger partial charge on any atom is -0.396 e. The van der Waals surface area contributed by atoms with Crippen molar-refractivity contribution >= 4 is 5.95 Å². The van der Waals surface area contributed by atoms with Crippen molar-refractivity contribution in [1.29, 1.82) is 0 Å². The van der Waals surface area contributed by atoms with Crippen LogP contribution in [0, 0.1) is 5.41 Å². The molecule has 1 saturated carbocycles. The molecule has 17 heavy (non-hydrogen) atoms. The van der Waals surface area contributed by atoms with Gasteiger partial charge in [0.15, 0.2) is 0 Å². The van der Waals surface area contributed by atoms with Crippen molar-refractivity contribution in [2.75, 3.05) is 18.5 Å². The molecule has 4 heteroatoms. The molecule has 0 bridgehead atoms. The van der Waals surface area contributed by atoms with Crippen LogP contribution in [0.1, 0.15) is 39.0 Å². The molecule has 96 valence electrons. The van der Waals surface area contributed by atoms with Crippen molar-refractivity contribution < 1.29 is 5.11 Å². The molecular weight excluding hydrogens is 214 g/mol. The number of nitrogens with one attached hydrogen (secondary N) is 1. The lowest BCUT2D eigenvalue weighted by atomic mass is 9.74. The molecule has 0 radical (unpaired) electrons. The summed E-state index contributed by atoms with van der Waals surface area (Å²) in [5.74, 6) is 0.922. The monoisotopic (exact) mass is 237 g/mol. The summed E-state index contributed by atoms with van der Waals surface area (Å²) in [5.41, 5.74) is 0.0722. The molecule has 2 rings (SSSR count). The lowest BCUT2D eigenvalue weighted by molar-refractivity contribution is 0.0942. The van der Waals surface area contributed by atoms with Gasteiger partial charge in [0.25, 0.3) is 0 Å². The van der Waals surface area contributed by atoms with E-state index in [0.717, 1.165) is 31.9 Å². The molecule has 0 unspecified atom stereocenters. The van der Waals surface area contributed by atoms with Crippen molar-refractivity contribution in [1.82, 2.24) is 9.55 Å². The standard InChI is InChI=1S/C13H23N3O/c1-2-16-9-8-14-12(16)15-10-13(11-17)6-4-3-5-7-13/h8-9,17H,2-7,10-11H2,1H3,(H,14,15). The lowest BCUT2D eigenvalue weighted by Crippen LogP contribution is -2.36. The number of aromatic nitrogens is 2. The first-order chi connectivity index (χ1) is 8.29. The van der Waals surface area contributed by atoms with E-state index in [2.05, 4.69) is 21.8 Å². The van der Waals surface area contributed by atoms with Crippen LogP contribution in [-0.2, 0) is 6.54 Å². The highest BCUT2D eigenvalue weighted by Crippen LogP contribution is 2.35. The number of anilines is 1. The van der Waals surface area contributed by atoms with E-state index in [1.54, 1.807) is 0 Å². The number of rotatable bonds is 5. The van der Waals surface area contributed by atoms with E-state index in [-0.39, 0.29) is 12.0 Å². The maximum absolute atomic E-state index is 9.63. The largest absolute Gasteiger partial charge is 0.396 e. The molecule has 0 aromatic carbocycles. The molecule has 0 amide bonds. The number of hydrogen-bond acceptors (Lipinski definition) is 3. The van der Waals surface area contributed by atoms with Crippen LogP contribution in [0.4, 0.5) is 5.95 Å². The van der Waals surface area contributed by atoms with E-state index in [1.807, 2.05) is 12.4 Å². The molecule has 0 atom stereocenters. The smallest absolute Gasteiger partial charge is 0.202 e. The minimum absolute atomic E-state index is 0.0722. The summed E-state index contributed by atoms with van der Waals surface area (Å²) < 4.78 is 2.09. The lowest BCUT2D eigenvalue weighted by Gasteiger charge is -2.35. The average Bonchev–Trinajstić information content (AvgIpc) is 2.85. The third-order valence-corrected chi connectivity index (χ3v) is 3.93. The van der Waals surface area contributed by atoms with Gasteiger partial charge < -0.3 is 15.0 Å². The van der Waals surface area contributed by atoms with Crippen LogP contribution >= 0.6 is 0 Å². The van der Waals surface area contributed by atoms with Gasteiger partial charge in [-0.3, -0.25) is 0 Å². The van der Waals surface area contributed by atoms with Crippen molar-refractivity contribution in [2.24, 2.45) is 5.41 Å². The Labute approximate surface area is 103 Å². The number of hydrogen-bond donors (Lipinski definition) is 2. The second kappa shape index (κ2) is 5.54. The fourth-order valence-electron chi connectivity index (χ4n) is 2.69. The first-order valence-corrected chi connectivity index (χ1v) is 6.65. The Kier molecular flexibility index (Phi) is 4.05. The highest BCUT2D eigenvalue weighted by molar-refractivity contribution is 5.26. The second-order valence-corrected chi connectivity index (χ2v) is 5.11. The molecule has 1 aliphatic rings. The van der Waals surface area contributed by atoms with Crippen LogP contribution in [0.2, 0.25) is 0 Å². The molecule has 0 spiro atoms. The van der Waals surface area contributed by atoms with Crippen LogP contribution in [0.25, 0.3) is 0 Å². The summed E-state index contributed by atoms with van der Waals surface area (Å²) in [5, 5.41) is 13.0. The number of nitrogens with zero attached hydrogens (tertiary/aromatic N) is 2. The van der Waals surface area contributed by atoms with Gasteiger partial charge in [-0.1, -0.05) is 19.3 Å². The summed E-state index contributed by atoms with van der Waals surface area (Å²) in [6.07, 6.45) is 9.85. The second-order valence-electron chi connectivity index (χ2n) is 5.11. The van der Waals surface area contributed by atoms with Crippen LogP contribution in [-0.4, -0.2) is 27.8 Å². The fraction of sp³-hybridized carbons (Fsp3) is 0.769. The molecule has 4 nitrogen and oxygen atoms in total. The summed E-state index contributed by atoms with van der Waals surface area (Å²) in [6, 6.07) is 0. The predicted molar refractivity (Wildman–Crippen MR) is 69.0 cm³/mol. The van der Waals surface area contributed by atoms with Crippen molar-refractivity contribution in [3.63, 3.8) is 0 Å². The van der Waals surface area contributed by atoms with Crippen LogP contribution in [0.3, 0.4) is 0 Å². The van der Waals surface area contributed by atoms with Crippen molar-refractivity contribution in [2.45, 2.75) is 45.6 Å². The van der Waals surface area contributed by atoms with Gasteiger partial charge in [-0.2, -0.15) is 0 Å². The maximum Gasteiger partial charge on any atom is 0.202 e. The van der Waals surface area contributed by atoms with Crippen molar-refractivity contribution in [3.8, 4) is 0 Å². The Bertz CT molecular complexity index is 342. The zero-order chi connectivity index (χ0) is 12.1. The quantitative estimate of drug-likeness (QED) is 0.826. The third-order valence-electron chi connectivity index (χ3n) is 3.93. The van der Waals surface area contributed by atoms with Gasteiger partial charge in [0.05, 0.1) is 6.61 Å². The average molecular weight is 237 g/mol. The maximum atomic E-state index is 9.63. The number of aryl methyl sites for hydroxylation is 1. The number of aliphatic hydroxyl groups is 1. The van der Waals surface area contributed by atoms with E-state index < -0.39 is 0 Å². The predicted octanol–water partition coefficient (Wildman–Crippen LogP) is 2.26. The molecule has 2 N–H and O–H groups in total. The minimum atomic E-state index is 0.0722. The Morgan fingerprint density at radius 3 is 2.82 bits per heavy atom. The zero-order valence-corrected chi connectivity index (χ0v) is 10.7. The van der Waals surface area contributed by atoms with E-state index in [9.17, 15) is 5.11 Å². The molecular formula is C13H23N3O. The normalized spacial score (nSPS) is 19.2. The summed E-state index contributed by atoms with van der Waals surface area (Å²) in [4.78, 5) is 4.31. The van der Waals surface area contributed by atoms with E-state index in [1.165, 1.54) is 19.3 Å². The SMILES string of the molecule is CCn1ccnc1NCC1(CO)CCCCC1. The van der Waals surface area contributed by atoms with E-state index in [0.29, 0.717) is 0 Å². The molecule has 1 fully saturated rings. The first kappa shape index (κ1) is 12.4. The Balaban J connectivity index is 1.95. The Hall–Kier alpha value is -1.03. The van der Waals surface area contributed by atoms with Gasteiger partial charge in [0.1, 0.15) is 0 Å². The highest BCUT2D eigenvalue weighted by atomic mass is 16.3. The van der Waals surface area contributed by atoms with Crippen LogP contribution in [0.5, 0.6) is 0 Å². The third kappa shape index (κ3) is 2.80. The molecule has 1 aromatic heterocycles. The van der Waals surface area contributed by atoms with Crippen LogP contribution in [0.15, 0.2) is 12.4 Å². The molecule has 0 saturated heterocycles. The van der Waals surface area contributed by atoms with Gasteiger partial charge in [-0.15, -0.1) is 0 Å². The van der Waals surface area contributed by atoms with E-state index >= 15 is 0 Å². The van der Waals surface area contributed by atoms with Crippen LogP contribution < -0.4 is 5.32 Å². The van der Waals surface area contributed by atoms with Gasteiger partial charge in [-0.05, 0) is 19.8 Å². The Morgan fingerprint density at radius 1 is 1.41 bits per heavy atom. The van der Waals surface area contributed by atoms with Gasteiger partial charge in [0.2, 0.25) is 5.95 Å². The van der Waals surface area contributed by atoms with E-state index in [4.69, 9.17) is 0 Å². The van der Waals surface area contributed by atoms with Gasteiger partial charge >= 0.3 is 0 Å². The summed E-state index contributed by atoms with van der Waals surface area (Å²) >= 11 is 0. The number of aliphatic hydroxyl groups excluding tert-OH is 1. The molecule has 1 aromatic rings. The fourth-order valence-corrected chi connectivity index (χ4v) is 2.69. The highest BCUT2D eigenvalue weighted by Gasteiger charge is 2.31. The summed E-state index contributed by atoms with van der Waals surface area (Å²) in [6.45, 7) is 4.15. The van der Waals surface area contributed by atoms with Crippen molar-refractivity contribution in [3.05, 3.63) is 12.4 Å². The molecule has 0 aliphatic heterocycles. The van der Waals surface area contributed by atoms with Gasteiger partial charge in [-0.25, -0.2) is 4.98 Å². The number of imidazole rings is 1. The molecule has 1 heterocycles. The van der Waals surface area contributed by atoms with Gasteiger partial charge in [0, 0.05) is 30.9 Å².